The SMILES string of the molecule is O=C1NC(c2ccc3c(c2C2CC2)OC(F)(F)O3)=NC12CCN(c1cc(Br)cc(F)c1CBr)CC2. The number of aliphatic imine (C=N–C) groups is 1. The van der Waals surface area contributed by atoms with Gasteiger partial charge in [0.1, 0.15) is 17.2 Å². The second-order valence-corrected chi connectivity index (χ2v) is 10.7. The first-order valence-corrected chi connectivity index (χ1v) is 13.2. The fraction of sp³-hybridized carbons (Fsp3) is 0.417. The van der Waals surface area contributed by atoms with Crippen LogP contribution in [0.5, 0.6) is 11.5 Å². The highest BCUT2D eigenvalue weighted by Crippen LogP contribution is 2.53. The van der Waals surface area contributed by atoms with Crippen LogP contribution in [0, 0.1) is 5.82 Å². The van der Waals surface area contributed by atoms with Crippen LogP contribution in [-0.4, -0.2) is 36.7 Å². The summed E-state index contributed by atoms with van der Waals surface area (Å²) in [4.78, 5) is 20.0. The summed E-state index contributed by atoms with van der Waals surface area (Å²) in [5, 5.41) is 3.27. The number of halogens is 5. The summed E-state index contributed by atoms with van der Waals surface area (Å²) in [6.07, 6.45) is -1.13. The van der Waals surface area contributed by atoms with Gasteiger partial charge in [-0.2, -0.15) is 0 Å². The number of rotatable bonds is 4. The number of nitrogens with zero attached hydrogens (tertiary/aromatic N) is 2. The third-order valence-corrected chi connectivity index (χ3v) is 8.05. The van der Waals surface area contributed by atoms with Crippen LogP contribution in [0.15, 0.2) is 33.7 Å². The fourth-order valence-corrected chi connectivity index (χ4v) is 6.09. The predicted octanol–water partition coefficient (Wildman–Crippen LogP) is 5.60. The summed E-state index contributed by atoms with van der Waals surface area (Å²) in [5.74, 6) is -0.0465. The number of nitrogens with one attached hydrogen (secondary N) is 1. The van der Waals surface area contributed by atoms with E-state index in [1.807, 2.05) is 6.07 Å². The molecule has 1 saturated carbocycles. The van der Waals surface area contributed by atoms with E-state index in [9.17, 15) is 18.0 Å². The number of fused-ring (bicyclic) bond motifs is 1. The maximum Gasteiger partial charge on any atom is 0.586 e. The quantitative estimate of drug-likeness (QED) is 0.456. The molecule has 2 aromatic carbocycles. The molecule has 6 nitrogen and oxygen atoms in total. The van der Waals surface area contributed by atoms with Gasteiger partial charge in [-0.3, -0.25) is 9.79 Å². The molecule has 0 atom stereocenters. The maximum absolute atomic E-state index is 14.5. The smallest absolute Gasteiger partial charge is 0.395 e. The number of amidine groups is 1. The number of benzene rings is 2. The Balaban J connectivity index is 1.30. The monoisotopic (exact) mass is 613 g/mol. The van der Waals surface area contributed by atoms with Gasteiger partial charge in [-0.15, -0.1) is 8.78 Å². The second kappa shape index (κ2) is 8.12. The van der Waals surface area contributed by atoms with Gasteiger partial charge in [0.05, 0.1) is 0 Å². The van der Waals surface area contributed by atoms with Crippen molar-refractivity contribution >= 4 is 49.3 Å². The summed E-state index contributed by atoms with van der Waals surface area (Å²) < 4.78 is 52.1. The van der Waals surface area contributed by atoms with Crippen LogP contribution in [0.1, 0.15) is 48.3 Å². The summed E-state index contributed by atoms with van der Waals surface area (Å²) in [6.45, 7) is 1.03. The van der Waals surface area contributed by atoms with Crippen molar-refractivity contribution < 1.29 is 27.4 Å². The van der Waals surface area contributed by atoms with Crippen molar-refractivity contribution in [3.8, 4) is 11.5 Å². The van der Waals surface area contributed by atoms with Crippen molar-refractivity contribution in [3.05, 3.63) is 51.2 Å². The summed E-state index contributed by atoms with van der Waals surface area (Å²) in [7, 11) is 0. The molecular weight excluding hydrogens is 595 g/mol. The van der Waals surface area contributed by atoms with Gasteiger partial charge in [-0.1, -0.05) is 31.9 Å². The molecule has 0 bridgehead atoms. The van der Waals surface area contributed by atoms with E-state index in [2.05, 4.69) is 46.8 Å². The van der Waals surface area contributed by atoms with Gasteiger partial charge < -0.3 is 19.7 Å². The molecule has 4 aliphatic rings. The largest absolute Gasteiger partial charge is 0.586 e. The van der Waals surface area contributed by atoms with E-state index in [4.69, 9.17) is 9.73 Å². The minimum atomic E-state index is -3.71. The standard InChI is InChI=1S/C24H20Br2F3N3O3/c25-11-15-16(27)9-13(26)10-17(15)32-7-5-23(6-8-32)22(33)30-21(31-23)14-3-4-18-20(19(14)12-1-2-12)35-24(28,29)34-18/h3-4,9-10,12H,1-2,5-8,11H2,(H,30,31,33). The number of amides is 1. The molecule has 1 saturated heterocycles. The molecule has 0 radical (unpaired) electrons. The Labute approximate surface area is 216 Å². The fourth-order valence-electron chi connectivity index (χ4n) is 5.12. The Morgan fingerprint density at radius 2 is 1.91 bits per heavy atom. The number of carbonyl (C=O) groups is 1. The van der Waals surface area contributed by atoms with E-state index in [-0.39, 0.29) is 29.1 Å². The lowest BCUT2D eigenvalue weighted by atomic mass is 9.87. The molecule has 1 aliphatic carbocycles. The van der Waals surface area contributed by atoms with E-state index in [0.29, 0.717) is 58.3 Å². The van der Waals surface area contributed by atoms with Crippen molar-refractivity contribution in [1.29, 1.82) is 0 Å². The van der Waals surface area contributed by atoms with Crippen LogP contribution < -0.4 is 19.7 Å². The molecule has 1 amide bonds. The van der Waals surface area contributed by atoms with Crippen molar-refractivity contribution in [2.75, 3.05) is 18.0 Å². The molecule has 2 fully saturated rings. The van der Waals surface area contributed by atoms with Gasteiger partial charge in [-0.05, 0) is 55.9 Å². The number of piperidine rings is 1. The number of anilines is 1. The minimum absolute atomic E-state index is 0.00237. The molecule has 1 spiro atoms. The van der Waals surface area contributed by atoms with Gasteiger partial charge in [0, 0.05) is 45.3 Å². The van der Waals surface area contributed by atoms with Crippen molar-refractivity contribution in [1.82, 2.24) is 5.32 Å². The normalized spacial score (nSPS) is 21.9. The Morgan fingerprint density at radius 3 is 2.60 bits per heavy atom. The molecule has 3 heterocycles. The molecule has 0 aromatic heterocycles. The number of hydrogen-bond acceptors (Lipinski definition) is 5. The van der Waals surface area contributed by atoms with Crippen molar-refractivity contribution in [2.24, 2.45) is 4.99 Å². The predicted molar refractivity (Wildman–Crippen MR) is 130 cm³/mol. The lowest BCUT2D eigenvalue weighted by Crippen LogP contribution is -2.49. The topological polar surface area (TPSA) is 63.2 Å². The highest BCUT2D eigenvalue weighted by Gasteiger charge is 2.50. The zero-order valence-electron chi connectivity index (χ0n) is 18.3. The Kier molecular flexibility index (Phi) is 5.37. The zero-order valence-corrected chi connectivity index (χ0v) is 21.5. The highest BCUT2D eigenvalue weighted by atomic mass is 79.9. The number of ether oxygens (including phenoxy) is 2. The molecule has 0 unspecified atom stereocenters. The second-order valence-electron chi connectivity index (χ2n) is 9.25. The first kappa shape index (κ1) is 23.1. The van der Waals surface area contributed by atoms with Crippen LogP contribution in [0.25, 0.3) is 0 Å². The molecule has 3 aliphatic heterocycles. The summed E-state index contributed by atoms with van der Waals surface area (Å²) >= 11 is 6.73. The molecule has 2 aromatic rings. The van der Waals surface area contributed by atoms with E-state index < -0.39 is 11.8 Å². The lowest BCUT2D eigenvalue weighted by Gasteiger charge is -2.37. The average molecular weight is 615 g/mol. The number of carbonyl (C=O) groups excluding carboxylic acids is 1. The Bertz CT molecular complexity index is 1270. The van der Waals surface area contributed by atoms with E-state index in [0.717, 1.165) is 18.5 Å². The number of hydrogen-bond donors (Lipinski definition) is 1. The van der Waals surface area contributed by atoms with E-state index >= 15 is 0 Å². The summed E-state index contributed by atoms with van der Waals surface area (Å²) in [5.41, 5.74) is 1.59. The molecule has 11 heteroatoms. The molecule has 6 rings (SSSR count). The lowest BCUT2D eigenvalue weighted by molar-refractivity contribution is -0.286. The van der Waals surface area contributed by atoms with Crippen LogP contribution in [0.4, 0.5) is 18.9 Å². The van der Waals surface area contributed by atoms with Gasteiger partial charge in [0.25, 0.3) is 5.91 Å². The van der Waals surface area contributed by atoms with Crippen LogP contribution in [-0.2, 0) is 10.1 Å². The third kappa shape index (κ3) is 3.91. The molecule has 184 valence electrons. The van der Waals surface area contributed by atoms with Gasteiger partial charge in [0.15, 0.2) is 11.5 Å². The molecule has 35 heavy (non-hydrogen) atoms. The summed E-state index contributed by atoms with van der Waals surface area (Å²) in [6, 6.07) is 6.41. The first-order valence-electron chi connectivity index (χ1n) is 11.3. The van der Waals surface area contributed by atoms with Crippen LogP contribution in [0.2, 0.25) is 0 Å². The van der Waals surface area contributed by atoms with Gasteiger partial charge >= 0.3 is 6.29 Å². The van der Waals surface area contributed by atoms with Gasteiger partial charge in [0.2, 0.25) is 0 Å². The minimum Gasteiger partial charge on any atom is -0.395 e. The molecular formula is C24H20Br2F3N3O3. The third-order valence-electron chi connectivity index (χ3n) is 7.03. The van der Waals surface area contributed by atoms with Crippen molar-refractivity contribution in [2.45, 2.75) is 48.8 Å². The van der Waals surface area contributed by atoms with Crippen molar-refractivity contribution in [3.63, 3.8) is 0 Å². The average Bonchev–Trinajstić information content (AvgIpc) is 3.52. The number of alkyl halides is 3. The zero-order chi connectivity index (χ0) is 24.5. The van der Waals surface area contributed by atoms with Gasteiger partial charge in [-0.25, -0.2) is 4.39 Å². The van der Waals surface area contributed by atoms with E-state index in [1.54, 1.807) is 6.07 Å². The maximum atomic E-state index is 14.5. The molecule has 1 N–H and O–H groups in total. The highest BCUT2D eigenvalue weighted by molar-refractivity contribution is 9.10. The first-order chi connectivity index (χ1) is 16.7. The van der Waals surface area contributed by atoms with E-state index in [1.165, 1.54) is 12.1 Å². The Hall–Kier alpha value is -2.27. The Morgan fingerprint density at radius 1 is 1.17 bits per heavy atom. The van der Waals surface area contributed by atoms with Crippen LogP contribution >= 0.6 is 31.9 Å². The van der Waals surface area contributed by atoms with Crippen LogP contribution in [0.3, 0.4) is 0 Å².